The first-order valence-corrected chi connectivity index (χ1v) is 19.4. The third-order valence-electron chi connectivity index (χ3n) is 10.6. The second-order valence-electron chi connectivity index (χ2n) is 13.8. The van der Waals surface area contributed by atoms with Crippen molar-refractivity contribution in [3.05, 3.63) is 200 Å². The lowest BCUT2D eigenvalue weighted by Crippen LogP contribution is -2.10. The van der Waals surface area contributed by atoms with Crippen LogP contribution in [0.1, 0.15) is 0 Å². The van der Waals surface area contributed by atoms with Crippen LogP contribution >= 0.6 is 11.3 Å². The van der Waals surface area contributed by atoms with E-state index in [4.69, 9.17) is 4.42 Å². The molecule has 0 aliphatic heterocycles. The Labute approximate surface area is 321 Å². The monoisotopic (exact) mass is 723 g/mol. The van der Waals surface area contributed by atoms with Crippen molar-refractivity contribution >= 4 is 99.3 Å². The normalized spacial score (nSPS) is 11.6. The van der Waals surface area contributed by atoms with E-state index in [0.717, 1.165) is 67.3 Å². The summed E-state index contributed by atoms with van der Waals surface area (Å²) >= 11 is 1.77. The van der Waals surface area contributed by atoms with Crippen LogP contribution in [0.2, 0.25) is 0 Å². The van der Waals surface area contributed by atoms with Gasteiger partial charge >= 0.3 is 0 Å². The average molecular weight is 724 g/mol. The third kappa shape index (κ3) is 5.20. The van der Waals surface area contributed by atoms with E-state index in [-0.39, 0.29) is 0 Å². The lowest BCUT2D eigenvalue weighted by molar-refractivity contribution is 0.669. The summed E-state index contributed by atoms with van der Waals surface area (Å²) in [6.45, 7) is 0. The lowest BCUT2D eigenvalue weighted by Gasteiger charge is -2.26. The molecular formula is C50H33N3OS. The van der Waals surface area contributed by atoms with Gasteiger partial charge in [0.1, 0.15) is 11.2 Å². The van der Waals surface area contributed by atoms with E-state index < -0.39 is 0 Å². The number of rotatable bonds is 7. The van der Waals surface area contributed by atoms with Crippen molar-refractivity contribution in [2.24, 2.45) is 0 Å². The number of thiophene rings is 1. The molecule has 3 heterocycles. The Morgan fingerprint density at radius 1 is 0.418 bits per heavy atom. The molecule has 0 radical (unpaired) electrons. The summed E-state index contributed by atoms with van der Waals surface area (Å²) in [5.41, 5.74) is 11.7. The highest BCUT2D eigenvalue weighted by Crippen LogP contribution is 2.46. The van der Waals surface area contributed by atoms with Crippen LogP contribution in [0, 0.1) is 0 Å². The van der Waals surface area contributed by atoms with E-state index in [2.05, 4.69) is 214 Å². The van der Waals surface area contributed by atoms with Gasteiger partial charge in [0.05, 0.1) is 16.7 Å². The van der Waals surface area contributed by atoms with Crippen molar-refractivity contribution in [1.29, 1.82) is 0 Å². The fraction of sp³-hybridized carbons (Fsp3) is 0. The highest BCUT2D eigenvalue weighted by molar-refractivity contribution is 7.17. The summed E-state index contributed by atoms with van der Waals surface area (Å²) in [4.78, 5) is 4.69. The van der Waals surface area contributed by atoms with Crippen molar-refractivity contribution < 1.29 is 4.42 Å². The molecule has 0 aliphatic carbocycles. The fourth-order valence-electron chi connectivity index (χ4n) is 8.20. The Balaban J connectivity index is 1.09. The molecule has 3 aromatic heterocycles. The Morgan fingerprint density at radius 2 is 1.07 bits per heavy atom. The second-order valence-corrected chi connectivity index (χ2v) is 14.8. The van der Waals surface area contributed by atoms with Crippen molar-refractivity contribution in [3.63, 3.8) is 0 Å². The molecule has 8 aromatic carbocycles. The Morgan fingerprint density at radius 3 is 1.89 bits per heavy atom. The maximum atomic E-state index is 6.65. The molecule has 11 aromatic rings. The number of hydrogen-bond donors (Lipinski definition) is 0. The molecule has 0 aliphatic rings. The van der Waals surface area contributed by atoms with Gasteiger partial charge in [-0.1, -0.05) is 78.9 Å². The van der Waals surface area contributed by atoms with Crippen LogP contribution in [0.25, 0.3) is 59.5 Å². The standard InChI is InChI=1S/C50H33N3OS/c1-4-13-35(14-5-1)51(38-25-28-49-34(31-38)29-30-55-49)40-23-26-41-43-32-39(24-27-47(43)54-48(41)33-40)52(36-15-6-2-7-16-36)45-21-12-22-46-50(45)42-19-10-11-20-44(42)53(46)37-17-8-3-9-18-37/h1-33H. The molecule has 0 bridgehead atoms. The Bertz CT molecular complexity index is 3160. The summed E-state index contributed by atoms with van der Waals surface area (Å²) in [5, 5.41) is 7.96. The summed E-state index contributed by atoms with van der Waals surface area (Å²) in [6, 6.07) is 69.3. The van der Waals surface area contributed by atoms with Crippen LogP contribution in [-0.4, -0.2) is 4.57 Å². The van der Waals surface area contributed by atoms with E-state index in [9.17, 15) is 0 Å². The molecular weight excluding hydrogens is 691 g/mol. The molecule has 0 unspecified atom stereocenters. The molecule has 11 rings (SSSR count). The molecule has 0 saturated carbocycles. The highest BCUT2D eigenvalue weighted by Gasteiger charge is 2.22. The first kappa shape index (κ1) is 31.4. The van der Waals surface area contributed by atoms with Gasteiger partial charge in [-0.05, 0) is 120 Å². The summed E-state index contributed by atoms with van der Waals surface area (Å²) < 4.78 is 10.3. The van der Waals surface area contributed by atoms with E-state index in [0.29, 0.717) is 0 Å². The second kappa shape index (κ2) is 12.8. The maximum Gasteiger partial charge on any atom is 0.137 e. The predicted octanol–water partition coefficient (Wildman–Crippen LogP) is 14.8. The zero-order chi connectivity index (χ0) is 36.3. The van der Waals surface area contributed by atoms with Crippen molar-refractivity contribution in [3.8, 4) is 5.69 Å². The number of nitrogens with zero attached hydrogens (tertiary/aromatic N) is 3. The van der Waals surface area contributed by atoms with Gasteiger partial charge in [-0.25, -0.2) is 0 Å². The van der Waals surface area contributed by atoms with Crippen LogP contribution in [0.5, 0.6) is 0 Å². The minimum Gasteiger partial charge on any atom is -0.456 e. The molecule has 0 N–H and O–H groups in total. The van der Waals surface area contributed by atoms with Crippen molar-refractivity contribution in [2.45, 2.75) is 0 Å². The Kier molecular flexibility index (Phi) is 7.32. The van der Waals surface area contributed by atoms with Gasteiger partial charge in [0, 0.05) is 66.4 Å². The van der Waals surface area contributed by atoms with Gasteiger partial charge < -0.3 is 18.8 Å². The number of aromatic nitrogens is 1. The molecule has 0 atom stereocenters. The SMILES string of the molecule is c1ccc(N(c2ccc3sccc3c2)c2ccc3c(c2)oc2ccc(N(c4ccccc4)c4cccc5c4c4ccccc4n5-c4ccccc4)cc23)cc1. The molecule has 0 spiro atoms. The molecule has 4 nitrogen and oxygen atoms in total. The first-order valence-electron chi connectivity index (χ1n) is 18.5. The zero-order valence-electron chi connectivity index (χ0n) is 29.7. The molecule has 5 heteroatoms. The van der Waals surface area contributed by atoms with Crippen LogP contribution in [0.3, 0.4) is 0 Å². The molecule has 0 saturated heterocycles. The van der Waals surface area contributed by atoms with Crippen LogP contribution in [0.4, 0.5) is 34.1 Å². The summed E-state index contributed by atoms with van der Waals surface area (Å²) in [6.07, 6.45) is 0. The van der Waals surface area contributed by atoms with Crippen LogP contribution in [-0.2, 0) is 0 Å². The number of hydrogen-bond acceptors (Lipinski definition) is 4. The van der Waals surface area contributed by atoms with Gasteiger partial charge in [-0.3, -0.25) is 0 Å². The number of fused-ring (bicyclic) bond motifs is 7. The van der Waals surface area contributed by atoms with Gasteiger partial charge in [-0.15, -0.1) is 11.3 Å². The van der Waals surface area contributed by atoms with Gasteiger partial charge in [0.15, 0.2) is 0 Å². The van der Waals surface area contributed by atoms with E-state index >= 15 is 0 Å². The smallest absolute Gasteiger partial charge is 0.137 e. The van der Waals surface area contributed by atoms with Gasteiger partial charge in [0.25, 0.3) is 0 Å². The first-order chi connectivity index (χ1) is 27.3. The van der Waals surface area contributed by atoms with Gasteiger partial charge in [-0.2, -0.15) is 0 Å². The lowest BCUT2D eigenvalue weighted by atomic mass is 10.1. The van der Waals surface area contributed by atoms with Crippen LogP contribution in [0.15, 0.2) is 204 Å². The van der Waals surface area contributed by atoms with Crippen molar-refractivity contribution in [2.75, 3.05) is 9.80 Å². The summed E-state index contributed by atoms with van der Waals surface area (Å²) in [7, 11) is 0. The molecule has 0 amide bonds. The number of benzene rings is 8. The van der Waals surface area contributed by atoms with E-state index in [1.165, 1.54) is 26.4 Å². The van der Waals surface area contributed by atoms with E-state index in [1.54, 1.807) is 11.3 Å². The average Bonchev–Trinajstić information content (AvgIpc) is 3.96. The number of anilines is 6. The van der Waals surface area contributed by atoms with Crippen molar-refractivity contribution in [1.82, 2.24) is 4.57 Å². The van der Waals surface area contributed by atoms with Crippen LogP contribution < -0.4 is 9.80 Å². The number of para-hydroxylation sites is 4. The quantitative estimate of drug-likeness (QED) is 0.164. The van der Waals surface area contributed by atoms with Gasteiger partial charge in [0.2, 0.25) is 0 Å². The van der Waals surface area contributed by atoms with E-state index in [1.807, 2.05) is 0 Å². The minimum absolute atomic E-state index is 0.849. The summed E-state index contributed by atoms with van der Waals surface area (Å²) in [5.74, 6) is 0. The third-order valence-corrected chi connectivity index (χ3v) is 11.5. The zero-order valence-corrected chi connectivity index (χ0v) is 30.5. The molecule has 0 fully saturated rings. The maximum absolute atomic E-state index is 6.65. The Hall–Kier alpha value is -7.08. The fourth-order valence-corrected chi connectivity index (χ4v) is 8.97. The molecule has 260 valence electrons. The number of furan rings is 1. The molecule has 55 heavy (non-hydrogen) atoms. The topological polar surface area (TPSA) is 24.6 Å². The highest BCUT2D eigenvalue weighted by atomic mass is 32.1. The largest absolute Gasteiger partial charge is 0.456 e. The minimum atomic E-state index is 0.849. The predicted molar refractivity (Wildman–Crippen MR) is 233 cm³/mol.